The van der Waals surface area contributed by atoms with Crippen LogP contribution < -0.4 is 9.80 Å². The van der Waals surface area contributed by atoms with Crippen molar-refractivity contribution in [2.45, 2.75) is 50.5 Å². The van der Waals surface area contributed by atoms with Gasteiger partial charge in [-0.25, -0.2) is 4.98 Å². The first-order valence-electron chi connectivity index (χ1n) is 11.7. The summed E-state index contributed by atoms with van der Waals surface area (Å²) in [5.41, 5.74) is 1.91. The lowest BCUT2D eigenvalue weighted by molar-refractivity contribution is 0.241. The van der Waals surface area contributed by atoms with Gasteiger partial charge < -0.3 is 9.80 Å². The van der Waals surface area contributed by atoms with Gasteiger partial charge in [-0.1, -0.05) is 43.2 Å². The second-order valence-electron chi connectivity index (χ2n) is 9.13. The monoisotopic (exact) mass is 459 g/mol. The quantitative estimate of drug-likeness (QED) is 0.538. The molecule has 0 N–H and O–H groups in total. The summed E-state index contributed by atoms with van der Waals surface area (Å²) in [6.07, 6.45) is 7.53. The van der Waals surface area contributed by atoms with Crippen molar-refractivity contribution < 1.29 is 0 Å². The van der Waals surface area contributed by atoms with Crippen LogP contribution in [-0.4, -0.2) is 46.6 Å². The Balaban J connectivity index is 1.51. The van der Waals surface area contributed by atoms with Crippen LogP contribution in [0, 0.1) is 17.2 Å². The summed E-state index contributed by atoms with van der Waals surface area (Å²) in [6.45, 7) is 0.962. The summed E-state index contributed by atoms with van der Waals surface area (Å²) in [4.78, 5) is 23.4. The van der Waals surface area contributed by atoms with Crippen LogP contribution in [0.15, 0.2) is 35.7 Å². The van der Waals surface area contributed by atoms with Gasteiger partial charge in [0, 0.05) is 37.6 Å². The maximum Gasteiger partial charge on any atom is 0.230 e. The third-order valence-corrected chi connectivity index (χ3v) is 7.66. The fourth-order valence-corrected chi connectivity index (χ4v) is 5.95. The minimum atomic E-state index is -0.625. The van der Waals surface area contributed by atoms with Gasteiger partial charge in [-0.3, -0.25) is 0 Å². The summed E-state index contributed by atoms with van der Waals surface area (Å²) >= 11 is 1.48. The Kier molecular flexibility index (Phi) is 6.23. The van der Waals surface area contributed by atoms with Crippen molar-refractivity contribution in [1.29, 1.82) is 5.26 Å². The second kappa shape index (κ2) is 9.44. The van der Waals surface area contributed by atoms with Crippen LogP contribution in [0.25, 0.3) is 11.3 Å². The van der Waals surface area contributed by atoms with Gasteiger partial charge in [-0.2, -0.15) is 20.2 Å². The number of aromatic nitrogens is 4. The highest BCUT2D eigenvalue weighted by atomic mass is 32.1. The van der Waals surface area contributed by atoms with Crippen molar-refractivity contribution in [3.8, 4) is 17.3 Å². The molecule has 7 nitrogen and oxygen atoms in total. The normalized spacial score (nSPS) is 21.2. The average molecular weight is 460 g/mol. The van der Waals surface area contributed by atoms with Crippen molar-refractivity contribution in [2.24, 2.45) is 5.92 Å². The van der Waals surface area contributed by atoms with Gasteiger partial charge in [0.15, 0.2) is 11.7 Å². The molecule has 1 aliphatic heterocycles. The summed E-state index contributed by atoms with van der Waals surface area (Å²) < 4.78 is 0. The van der Waals surface area contributed by atoms with E-state index in [0.29, 0.717) is 28.8 Å². The number of nitrogens with zero attached hydrogens (tertiary/aromatic N) is 7. The van der Waals surface area contributed by atoms with Gasteiger partial charge >= 0.3 is 0 Å². The Labute approximate surface area is 199 Å². The molecule has 8 heteroatoms. The van der Waals surface area contributed by atoms with Crippen molar-refractivity contribution >= 4 is 23.2 Å². The maximum absolute atomic E-state index is 10.1. The Bertz CT molecular complexity index is 1140. The first kappa shape index (κ1) is 21.8. The number of hydrogen-bond donors (Lipinski definition) is 0. The summed E-state index contributed by atoms with van der Waals surface area (Å²) in [5, 5.41) is 12.8. The molecule has 1 saturated heterocycles. The van der Waals surface area contributed by atoms with E-state index in [0.717, 1.165) is 30.1 Å². The van der Waals surface area contributed by atoms with E-state index in [-0.39, 0.29) is 0 Å². The molecule has 5 rings (SSSR count). The maximum atomic E-state index is 10.1. The number of anilines is 2. The van der Waals surface area contributed by atoms with Crippen LogP contribution in [0.3, 0.4) is 0 Å². The van der Waals surface area contributed by atoms with E-state index in [1.807, 2.05) is 54.7 Å². The molecule has 3 atom stereocenters. The molecule has 1 aliphatic carbocycles. The Morgan fingerprint density at radius 3 is 2.61 bits per heavy atom. The largest absolute Gasteiger partial charge is 0.347 e. The van der Waals surface area contributed by atoms with Gasteiger partial charge in [0.1, 0.15) is 5.01 Å². The smallest absolute Gasteiger partial charge is 0.230 e. The summed E-state index contributed by atoms with van der Waals surface area (Å²) in [5.74, 6) is 1.88. The molecule has 1 saturated carbocycles. The van der Waals surface area contributed by atoms with E-state index in [4.69, 9.17) is 15.0 Å². The molecule has 0 radical (unpaired) electrons. The van der Waals surface area contributed by atoms with Gasteiger partial charge in [-0.05, 0) is 31.6 Å². The molecule has 3 heterocycles. The molecule has 0 bridgehead atoms. The Hall–Kier alpha value is -3.05. The number of rotatable bonds is 5. The topological polar surface area (TPSA) is 81.8 Å². The highest BCUT2D eigenvalue weighted by molar-refractivity contribution is 7.10. The van der Waals surface area contributed by atoms with Crippen LogP contribution in [0.2, 0.25) is 0 Å². The zero-order chi connectivity index (χ0) is 22.8. The van der Waals surface area contributed by atoms with E-state index < -0.39 is 5.92 Å². The van der Waals surface area contributed by atoms with E-state index >= 15 is 0 Å². The van der Waals surface area contributed by atoms with Gasteiger partial charge in [0.2, 0.25) is 11.9 Å². The van der Waals surface area contributed by atoms with Crippen LogP contribution >= 0.6 is 11.3 Å². The number of piperidine rings is 1. The highest BCUT2D eigenvalue weighted by Gasteiger charge is 2.35. The lowest BCUT2D eigenvalue weighted by Gasteiger charge is -2.44. The SMILES string of the molecule is CN(C)c1nc(C(C#N)c2nc(-c3ccccc3)cs2)nc(N2CCCC3CCCCC32)n1. The van der Waals surface area contributed by atoms with Crippen LogP contribution in [0.5, 0.6) is 0 Å². The molecule has 0 amide bonds. The molecule has 33 heavy (non-hydrogen) atoms. The predicted molar refractivity (Wildman–Crippen MR) is 131 cm³/mol. The molecule has 2 aromatic heterocycles. The molecular weight excluding hydrogens is 430 g/mol. The number of hydrogen-bond acceptors (Lipinski definition) is 8. The van der Waals surface area contributed by atoms with Crippen molar-refractivity contribution in [1.82, 2.24) is 19.9 Å². The van der Waals surface area contributed by atoms with Crippen molar-refractivity contribution in [3.63, 3.8) is 0 Å². The number of fused-ring (bicyclic) bond motifs is 1. The van der Waals surface area contributed by atoms with Gasteiger partial charge in [0.25, 0.3) is 0 Å². The van der Waals surface area contributed by atoms with E-state index in [1.165, 1.54) is 43.4 Å². The second-order valence-corrected chi connectivity index (χ2v) is 10.0. The van der Waals surface area contributed by atoms with Crippen LogP contribution in [-0.2, 0) is 0 Å². The Morgan fingerprint density at radius 2 is 1.82 bits per heavy atom. The predicted octanol–water partition coefficient (Wildman–Crippen LogP) is 4.88. The fourth-order valence-electron chi connectivity index (χ4n) is 5.09. The number of nitriles is 1. The third kappa shape index (κ3) is 4.42. The third-order valence-electron chi connectivity index (χ3n) is 6.75. The molecule has 2 fully saturated rings. The van der Waals surface area contributed by atoms with Gasteiger partial charge in [0.05, 0.1) is 11.8 Å². The highest BCUT2D eigenvalue weighted by Crippen LogP contribution is 2.37. The minimum Gasteiger partial charge on any atom is -0.347 e. The first-order valence-corrected chi connectivity index (χ1v) is 12.6. The molecule has 3 aromatic rings. The zero-order valence-corrected chi connectivity index (χ0v) is 20.0. The number of benzene rings is 1. The molecule has 170 valence electrons. The van der Waals surface area contributed by atoms with Crippen molar-refractivity contribution in [3.05, 3.63) is 46.5 Å². The van der Waals surface area contributed by atoms with E-state index in [1.54, 1.807) is 0 Å². The molecule has 0 spiro atoms. The summed E-state index contributed by atoms with van der Waals surface area (Å²) in [6, 6.07) is 12.9. The van der Waals surface area contributed by atoms with E-state index in [9.17, 15) is 5.26 Å². The Morgan fingerprint density at radius 1 is 1.03 bits per heavy atom. The zero-order valence-electron chi connectivity index (χ0n) is 19.2. The molecule has 2 aliphatic rings. The minimum absolute atomic E-state index is 0.484. The van der Waals surface area contributed by atoms with Crippen LogP contribution in [0.1, 0.15) is 55.3 Å². The lowest BCUT2D eigenvalue weighted by Crippen LogP contribution is -2.47. The summed E-state index contributed by atoms with van der Waals surface area (Å²) in [7, 11) is 3.86. The molecule has 3 unspecified atom stereocenters. The van der Waals surface area contributed by atoms with Crippen LogP contribution in [0.4, 0.5) is 11.9 Å². The molecular formula is C25H29N7S. The average Bonchev–Trinajstić information content (AvgIpc) is 3.34. The lowest BCUT2D eigenvalue weighted by atomic mass is 9.78. The van der Waals surface area contributed by atoms with Gasteiger partial charge in [-0.15, -0.1) is 11.3 Å². The fraction of sp³-hybridized carbons (Fsp3) is 0.480. The first-order chi connectivity index (χ1) is 16.1. The van der Waals surface area contributed by atoms with Crippen molar-refractivity contribution in [2.75, 3.05) is 30.4 Å². The number of thiazole rings is 1. The van der Waals surface area contributed by atoms with E-state index in [2.05, 4.69) is 16.0 Å². The molecule has 1 aromatic carbocycles. The standard InChI is InChI=1S/C25H29N7S/c1-31(2)24-28-22(19(15-26)23-27-20(16-33-23)17-9-4-3-5-10-17)29-25(30-24)32-14-8-12-18-11-6-7-13-21(18)32/h3-5,9-10,16,18-19,21H,6-8,11-14H2,1-2H3.